The Morgan fingerprint density at radius 2 is 1.77 bits per heavy atom. The van der Waals surface area contributed by atoms with E-state index in [1.165, 1.54) is 54.5 Å². The first-order chi connectivity index (χ1) is 16.4. The van der Waals surface area contributed by atoms with Crippen LogP contribution in [-0.2, 0) is 26.2 Å². The zero-order chi connectivity index (χ0) is 26.3. The highest BCUT2D eigenvalue weighted by Crippen LogP contribution is 2.33. The lowest BCUT2D eigenvalue weighted by atomic mass is 10.1. The van der Waals surface area contributed by atoms with Gasteiger partial charge in [-0.25, -0.2) is 12.8 Å². The Hall–Kier alpha value is -2.85. The molecule has 11 heteroatoms. The first-order valence-electron chi connectivity index (χ1n) is 11.0. The van der Waals surface area contributed by atoms with E-state index in [1.54, 1.807) is 6.92 Å². The summed E-state index contributed by atoms with van der Waals surface area (Å²) in [5.74, 6) is -1.25. The van der Waals surface area contributed by atoms with E-state index >= 15 is 0 Å². The molecule has 0 aliphatic rings. The molecule has 0 unspecified atom stereocenters. The molecule has 0 fully saturated rings. The number of carbonyl (C=O) groups is 2. The number of rotatable bonds is 11. The van der Waals surface area contributed by atoms with Crippen molar-refractivity contribution in [3.8, 4) is 5.75 Å². The average molecular weight is 528 g/mol. The lowest BCUT2D eigenvalue weighted by molar-refractivity contribution is -0.139. The number of carbonyl (C=O) groups excluding carboxylic acids is 2. The van der Waals surface area contributed by atoms with Crippen molar-refractivity contribution in [2.24, 2.45) is 0 Å². The standard InChI is InChI=1S/C24H31ClFN3O5S/c1-6-16(2)27-24(31)17(3)28(14-18-7-10-20(26)11-8-18)23(30)15-29(35(5,32)33)21-13-19(25)9-12-22(21)34-4/h7-13,16-17H,6,14-15H2,1-5H3,(H,27,31)/t16-,17-/m0/s1. The Morgan fingerprint density at radius 3 is 2.31 bits per heavy atom. The van der Waals surface area contributed by atoms with Crippen LogP contribution >= 0.6 is 11.6 Å². The monoisotopic (exact) mass is 527 g/mol. The normalized spacial score (nSPS) is 13.0. The zero-order valence-electron chi connectivity index (χ0n) is 20.4. The lowest BCUT2D eigenvalue weighted by Crippen LogP contribution is -2.52. The number of anilines is 1. The molecule has 0 aromatic heterocycles. The van der Waals surface area contributed by atoms with Gasteiger partial charge in [0.2, 0.25) is 21.8 Å². The molecule has 0 bridgehead atoms. The fraction of sp³-hybridized carbons (Fsp3) is 0.417. The summed E-state index contributed by atoms with van der Waals surface area (Å²) in [6, 6.07) is 8.89. The van der Waals surface area contributed by atoms with Gasteiger partial charge in [0.25, 0.3) is 0 Å². The summed E-state index contributed by atoms with van der Waals surface area (Å²) in [5.41, 5.74) is 0.670. The maximum atomic E-state index is 13.5. The number of halogens is 2. The van der Waals surface area contributed by atoms with Crippen LogP contribution in [-0.4, -0.2) is 57.1 Å². The molecule has 2 rings (SSSR count). The molecule has 2 atom stereocenters. The molecule has 8 nitrogen and oxygen atoms in total. The van der Waals surface area contributed by atoms with E-state index in [2.05, 4.69) is 5.32 Å². The number of hydrogen-bond donors (Lipinski definition) is 1. The van der Waals surface area contributed by atoms with Crippen molar-refractivity contribution in [2.45, 2.75) is 45.8 Å². The second-order valence-electron chi connectivity index (χ2n) is 8.23. The fourth-order valence-electron chi connectivity index (χ4n) is 3.29. The maximum absolute atomic E-state index is 13.5. The van der Waals surface area contributed by atoms with Gasteiger partial charge in [0.1, 0.15) is 24.2 Å². The smallest absolute Gasteiger partial charge is 0.244 e. The second-order valence-corrected chi connectivity index (χ2v) is 10.6. The largest absolute Gasteiger partial charge is 0.495 e. The van der Waals surface area contributed by atoms with E-state index in [0.29, 0.717) is 12.0 Å². The third kappa shape index (κ3) is 7.83. The summed E-state index contributed by atoms with van der Waals surface area (Å²) in [7, 11) is -2.57. The highest BCUT2D eigenvalue weighted by Gasteiger charge is 2.31. The molecule has 0 saturated heterocycles. The van der Waals surface area contributed by atoms with E-state index in [4.69, 9.17) is 16.3 Å². The molecule has 2 aromatic carbocycles. The molecule has 0 aliphatic heterocycles. The van der Waals surface area contributed by atoms with Crippen LogP contribution in [0.25, 0.3) is 0 Å². The van der Waals surface area contributed by atoms with Crippen molar-refractivity contribution in [1.29, 1.82) is 0 Å². The predicted molar refractivity (Wildman–Crippen MR) is 135 cm³/mol. The van der Waals surface area contributed by atoms with Crippen molar-refractivity contribution in [3.63, 3.8) is 0 Å². The highest BCUT2D eigenvalue weighted by atomic mass is 35.5. The Morgan fingerprint density at radius 1 is 1.14 bits per heavy atom. The third-order valence-corrected chi connectivity index (χ3v) is 6.88. The minimum Gasteiger partial charge on any atom is -0.495 e. The molecular weight excluding hydrogens is 497 g/mol. The minimum atomic E-state index is -3.95. The van der Waals surface area contributed by atoms with Gasteiger partial charge in [-0.2, -0.15) is 0 Å². The van der Waals surface area contributed by atoms with E-state index in [1.807, 2.05) is 13.8 Å². The summed E-state index contributed by atoms with van der Waals surface area (Å²) < 4.78 is 44.9. The molecule has 2 amide bonds. The molecule has 0 spiro atoms. The topological polar surface area (TPSA) is 96.0 Å². The van der Waals surface area contributed by atoms with E-state index in [-0.39, 0.29) is 35.0 Å². The van der Waals surface area contributed by atoms with Gasteiger partial charge in [0, 0.05) is 17.6 Å². The van der Waals surface area contributed by atoms with Crippen LogP contribution in [0.3, 0.4) is 0 Å². The van der Waals surface area contributed by atoms with Crippen LogP contribution in [0.1, 0.15) is 32.8 Å². The first kappa shape index (κ1) is 28.4. The first-order valence-corrected chi connectivity index (χ1v) is 13.3. The minimum absolute atomic E-state index is 0.0293. The summed E-state index contributed by atoms with van der Waals surface area (Å²) in [6.45, 7) is 4.69. The average Bonchev–Trinajstić information content (AvgIpc) is 2.80. The quantitative estimate of drug-likeness (QED) is 0.482. The molecular formula is C24H31ClFN3O5S. The Bertz CT molecular complexity index is 1140. The molecule has 35 heavy (non-hydrogen) atoms. The third-order valence-electron chi connectivity index (χ3n) is 5.52. The molecule has 0 heterocycles. The van der Waals surface area contributed by atoms with Gasteiger partial charge in [-0.3, -0.25) is 13.9 Å². The van der Waals surface area contributed by atoms with Crippen LogP contribution in [0.15, 0.2) is 42.5 Å². The van der Waals surface area contributed by atoms with Gasteiger partial charge in [-0.05, 0) is 56.2 Å². The summed E-state index contributed by atoms with van der Waals surface area (Å²) in [4.78, 5) is 27.7. The number of hydrogen-bond acceptors (Lipinski definition) is 5. The number of nitrogens with one attached hydrogen (secondary N) is 1. The summed E-state index contributed by atoms with van der Waals surface area (Å²) >= 11 is 6.09. The molecule has 0 radical (unpaired) electrons. The van der Waals surface area contributed by atoms with Crippen molar-refractivity contribution in [3.05, 3.63) is 58.9 Å². The van der Waals surface area contributed by atoms with E-state index in [9.17, 15) is 22.4 Å². The predicted octanol–water partition coefficient (Wildman–Crippen LogP) is 3.59. The Labute approximate surface area is 211 Å². The number of nitrogens with zero attached hydrogens (tertiary/aromatic N) is 2. The van der Waals surface area contributed by atoms with Crippen molar-refractivity contribution < 1.29 is 27.1 Å². The number of benzene rings is 2. The van der Waals surface area contributed by atoms with E-state index in [0.717, 1.165) is 10.6 Å². The number of amides is 2. The zero-order valence-corrected chi connectivity index (χ0v) is 22.0. The van der Waals surface area contributed by atoms with Crippen LogP contribution in [0.5, 0.6) is 5.75 Å². The molecule has 0 aliphatic carbocycles. The number of methoxy groups -OCH3 is 1. The summed E-state index contributed by atoms with van der Waals surface area (Å²) in [5, 5.41) is 3.09. The van der Waals surface area contributed by atoms with Crippen LogP contribution < -0.4 is 14.4 Å². The highest BCUT2D eigenvalue weighted by molar-refractivity contribution is 7.92. The van der Waals surface area contributed by atoms with Crippen LogP contribution in [0.4, 0.5) is 10.1 Å². The van der Waals surface area contributed by atoms with Crippen molar-refractivity contribution in [1.82, 2.24) is 10.2 Å². The summed E-state index contributed by atoms with van der Waals surface area (Å²) in [6.07, 6.45) is 1.66. The Kier molecular flexibility index (Phi) is 9.91. The van der Waals surface area contributed by atoms with Gasteiger partial charge in [0.05, 0.1) is 19.1 Å². The SMILES string of the molecule is CC[C@H](C)NC(=O)[C@H](C)N(Cc1ccc(F)cc1)C(=O)CN(c1cc(Cl)ccc1OC)S(C)(=O)=O. The van der Waals surface area contributed by atoms with Gasteiger partial charge >= 0.3 is 0 Å². The maximum Gasteiger partial charge on any atom is 0.244 e. The molecule has 1 N–H and O–H groups in total. The molecule has 192 valence electrons. The molecule has 0 saturated carbocycles. The van der Waals surface area contributed by atoms with Gasteiger partial charge in [-0.1, -0.05) is 30.7 Å². The van der Waals surface area contributed by atoms with Crippen LogP contribution in [0.2, 0.25) is 5.02 Å². The van der Waals surface area contributed by atoms with Crippen molar-refractivity contribution >= 4 is 39.1 Å². The van der Waals surface area contributed by atoms with Crippen LogP contribution in [0, 0.1) is 5.82 Å². The van der Waals surface area contributed by atoms with Gasteiger partial charge in [0.15, 0.2) is 0 Å². The number of sulfonamides is 1. The van der Waals surface area contributed by atoms with Gasteiger partial charge in [-0.15, -0.1) is 0 Å². The second kappa shape index (κ2) is 12.2. The van der Waals surface area contributed by atoms with Crippen molar-refractivity contribution in [2.75, 3.05) is 24.2 Å². The molecule has 2 aromatic rings. The van der Waals surface area contributed by atoms with Gasteiger partial charge < -0.3 is 15.0 Å². The van der Waals surface area contributed by atoms with E-state index < -0.39 is 34.3 Å². The number of ether oxygens (including phenoxy) is 1. The fourth-order valence-corrected chi connectivity index (χ4v) is 4.30. The lowest BCUT2D eigenvalue weighted by Gasteiger charge is -2.32. The Balaban J connectivity index is 2.45.